The quantitative estimate of drug-likeness (QED) is 0.707. The summed E-state index contributed by atoms with van der Waals surface area (Å²) in [4.78, 5) is 33.9. The lowest BCUT2D eigenvalue weighted by atomic mass is 10.1. The number of hydrogen-bond donors (Lipinski definition) is 3. The molecule has 3 N–H and O–H groups in total. The van der Waals surface area contributed by atoms with E-state index in [0.717, 1.165) is 0 Å². The number of hydrogen-bond acceptors (Lipinski definition) is 4. The first-order valence-electron chi connectivity index (χ1n) is 5.33. The van der Waals surface area contributed by atoms with E-state index in [0.29, 0.717) is 10.5 Å². The smallest absolute Gasteiger partial charge is 0.323 e. The molecule has 0 aliphatic carbocycles. The van der Waals surface area contributed by atoms with Crippen LogP contribution in [0.2, 0.25) is 0 Å². The first-order valence-corrected chi connectivity index (χ1v) is 5.33. The van der Waals surface area contributed by atoms with Crippen molar-refractivity contribution in [2.24, 2.45) is 0 Å². The minimum absolute atomic E-state index is 0.000399. The number of aryl methyl sites for hydroxylation is 1. The maximum Gasteiger partial charge on any atom is 0.323 e. The zero-order valence-electron chi connectivity index (χ0n) is 10.2. The maximum absolute atomic E-state index is 12.0. The van der Waals surface area contributed by atoms with Crippen LogP contribution in [-0.4, -0.2) is 51.2 Å². The third-order valence-electron chi connectivity index (χ3n) is 2.38. The minimum atomic E-state index is -1.30. The predicted molar refractivity (Wildman–Crippen MR) is 64.0 cm³/mol. The van der Waals surface area contributed by atoms with Crippen LogP contribution in [-0.2, 0) is 9.59 Å². The van der Waals surface area contributed by atoms with E-state index >= 15 is 0 Å². The fourth-order valence-corrected chi connectivity index (χ4v) is 1.50. The van der Waals surface area contributed by atoms with Gasteiger partial charge >= 0.3 is 11.9 Å². The van der Waals surface area contributed by atoms with Crippen molar-refractivity contribution in [3.8, 4) is 5.75 Å². The van der Waals surface area contributed by atoms with Crippen molar-refractivity contribution >= 4 is 17.8 Å². The number of aromatic hydroxyl groups is 1. The molecule has 0 aliphatic rings. The van der Waals surface area contributed by atoms with Gasteiger partial charge in [-0.15, -0.1) is 0 Å². The van der Waals surface area contributed by atoms with Gasteiger partial charge in [0.1, 0.15) is 18.8 Å². The molecule has 0 saturated heterocycles. The Morgan fingerprint density at radius 1 is 1.11 bits per heavy atom. The highest BCUT2D eigenvalue weighted by molar-refractivity contribution is 5.97. The lowest BCUT2D eigenvalue weighted by Gasteiger charge is -2.18. The highest BCUT2D eigenvalue weighted by atomic mass is 16.4. The van der Waals surface area contributed by atoms with Crippen molar-refractivity contribution in [3.05, 3.63) is 29.3 Å². The largest absolute Gasteiger partial charge is 0.508 e. The fourth-order valence-electron chi connectivity index (χ4n) is 1.50. The number of carboxylic acid groups (broad SMARTS) is 2. The number of rotatable bonds is 5. The SMILES string of the molecule is Cc1cc(C(=O)N(CC(=O)O)CC(=O)O)ccc1O. The van der Waals surface area contributed by atoms with E-state index in [9.17, 15) is 19.5 Å². The van der Waals surface area contributed by atoms with Gasteiger partial charge in [-0.05, 0) is 30.7 Å². The summed E-state index contributed by atoms with van der Waals surface area (Å²) in [5.41, 5.74) is 0.564. The molecule has 1 rings (SSSR count). The maximum atomic E-state index is 12.0. The molecule has 0 aromatic heterocycles. The molecule has 0 atom stereocenters. The zero-order valence-corrected chi connectivity index (χ0v) is 10.2. The molecular formula is C12H13NO6. The van der Waals surface area contributed by atoms with Crippen LogP contribution in [0, 0.1) is 6.92 Å². The molecular weight excluding hydrogens is 254 g/mol. The van der Waals surface area contributed by atoms with Crippen LogP contribution in [0.1, 0.15) is 15.9 Å². The second-order valence-electron chi connectivity index (χ2n) is 3.95. The van der Waals surface area contributed by atoms with Crippen LogP contribution in [0.15, 0.2) is 18.2 Å². The summed E-state index contributed by atoms with van der Waals surface area (Å²) in [5, 5.41) is 26.7. The molecule has 1 aromatic rings. The van der Waals surface area contributed by atoms with E-state index in [2.05, 4.69) is 0 Å². The standard InChI is InChI=1S/C12H13NO6/c1-7-4-8(2-3-9(7)14)12(19)13(5-10(15)16)6-11(17)18/h2-4,14H,5-6H2,1H3,(H,15,16)(H,17,18). The van der Waals surface area contributed by atoms with Crippen LogP contribution in [0.25, 0.3) is 0 Å². The minimum Gasteiger partial charge on any atom is -0.508 e. The number of carboxylic acids is 2. The van der Waals surface area contributed by atoms with E-state index in [1.807, 2.05) is 0 Å². The molecule has 0 spiro atoms. The van der Waals surface area contributed by atoms with E-state index in [1.165, 1.54) is 18.2 Å². The van der Waals surface area contributed by atoms with Gasteiger partial charge < -0.3 is 20.2 Å². The van der Waals surface area contributed by atoms with E-state index < -0.39 is 30.9 Å². The number of phenols is 1. The summed E-state index contributed by atoms with van der Waals surface area (Å²) in [6, 6.07) is 3.97. The number of aliphatic carboxylic acids is 2. The molecule has 1 aromatic carbocycles. The van der Waals surface area contributed by atoms with Crippen molar-refractivity contribution in [3.63, 3.8) is 0 Å². The van der Waals surface area contributed by atoms with Gasteiger partial charge in [0.2, 0.25) is 0 Å². The Labute approximate surface area is 108 Å². The van der Waals surface area contributed by atoms with Crippen LogP contribution < -0.4 is 0 Å². The first-order chi connectivity index (χ1) is 8.81. The van der Waals surface area contributed by atoms with Gasteiger partial charge in [-0.25, -0.2) is 0 Å². The van der Waals surface area contributed by atoms with Crippen LogP contribution >= 0.6 is 0 Å². The molecule has 0 fully saturated rings. The predicted octanol–water partition coefficient (Wildman–Crippen LogP) is 0.312. The van der Waals surface area contributed by atoms with Crippen molar-refractivity contribution in [1.82, 2.24) is 4.90 Å². The molecule has 0 radical (unpaired) electrons. The van der Waals surface area contributed by atoms with Gasteiger partial charge in [0.15, 0.2) is 0 Å². The van der Waals surface area contributed by atoms with E-state index in [4.69, 9.17) is 10.2 Å². The number of phenolic OH excluding ortho intramolecular Hbond substituents is 1. The lowest BCUT2D eigenvalue weighted by molar-refractivity contribution is -0.140. The van der Waals surface area contributed by atoms with Crippen molar-refractivity contribution in [1.29, 1.82) is 0 Å². The number of benzene rings is 1. The average molecular weight is 267 g/mol. The second kappa shape index (κ2) is 5.85. The molecule has 0 bridgehead atoms. The summed E-state index contributed by atoms with van der Waals surface area (Å²) in [6.07, 6.45) is 0. The Balaban J connectivity index is 3.00. The number of nitrogens with zero attached hydrogens (tertiary/aromatic N) is 1. The highest BCUT2D eigenvalue weighted by Gasteiger charge is 2.21. The normalized spacial score (nSPS) is 9.95. The molecule has 0 saturated carbocycles. The Kier molecular flexibility index (Phi) is 4.46. The second-order valence-corrected chi connectivity index (χ2v) is 3.95. The number of amides is 1. The third-order valence-corrected chi connectivity index (χ3v) is 2.38. The molecule has 0 unspecified atom stereocenters. The van der Waals surface area contributed by atoms with Gasteiger partial charge in [0.05, 0.1) is 0 Å². The van der Waals surface area contributed by atoms with Crippen LogP contribution in [0.3, 0.4) is 0 Å². The summed E-state index contributed by atoms with van der Waals surface area (Å²) >= 11 is 0. The van der Waals surface area contributed by atoms with Crippen LogP contribution in [0.5, 0.6) is 5.75 Å². The fraction of sp³-hybridized carbons (Fsp3) is 0.250. The molecule has 0 heterocycles. The molecule has 0 aliphatic heterocycles. The first kappa shape index (κ1) is 14.5. The average Bonchev–Trinajstić information content (AvgIpc) is 2.29. The molecule has 7 nitrogen and oxygen atoms in total. The number of carbonyl (C=O) groups excluding carboxylic acids is 1. The Hall–Kier alpha value is -2.57. The zero-order chi connectivity index (χ0) is 14.6. The molecule has 102 valence electrons. The molecule has 19 heavy (non-hydrogen) atoms. The summed E-state index contributed by atoms with van der Waals surface area (Å²) in [5.74, 6) is -3.32. The summed E-state index contributed by atoms with van der Waals surface area (Å²) in [7, 11) is 0. The van der Waals surface area contributed by atoms with Crippen LogP contribution in [0.4, 0.5) is 0 Å². The topological polar surface area (TPSA) is 115 Å². The van der Waals surface area contributed by atoms with Gasteiger partial charge in [-0.2, -0.15) is 0 Å². The highest BCUT2D eigenvalue weighted by Crippen LogP contribution is 2.18. The lowest BCUT2D eigenvalue weighted by Crippen LogP contribution is -2.39. The van der Waals surface area contributed by atoms with Gasteiger partial charge in [0, 0.05) is 5.56 Å². The molecule has 1 amide bonds. The van der Waals surface area contributed by atoms with Gasteiger partial charge in [0.25, 0.3) is 5.91 Å². The monoisotopic (exact) mass is 267 g/mol. The number of carbonyl (C=O) groups is 3. The van der Waals surface area contributed by atoms with Crippen molar-refractivity contribution in [2.45, 2.75) is 6.92 Å². The third kappa shape index (κ3) is 3.98. The summed E-state index contributed by atoms with van der Waals surface area (Å²) < 4.78 is 0. The van der Waals surface area contributed by atoms with Crippen molar-refractivity contribution in [2.75, 3.05) is 13.1 Å². The van der Waals surface area contributed by atoms with E-state index in [-0.39, 0.29) is 11.3 Å². The van der Waals surface area contributed by atoms with Gasteiger partial charge in [-0.1, -0.05) is 0 Å². The Morgan fingerprint density at radius 2 is 1.63 bits per heavy atom. The van der Waals surface area contributed by atoms with Crippen molar-refractivity contribution < 1.29 is 29.7 Å². The Morgan fingerprint density at radius 3 is 2.05 bits per heavy atom. The Bertz CT molecular complexity index is 509. The van der Waals surface area contributed by atoms with E-state index in [1.54, 1.807) is 6.92 Å². The molecule has 7 heteroatoms. The van der Waals surface area contributed by atoms with Gasteiger partial charge in [-0.3, -0.25) is 14.4 Å². The summed E-state index contributed by atoms with van der Waals surface area (Å²) in [6.45, 7) is 0.168.